The fourth-order valence-electron chi connectivity index (χ4n) is 2.80. The maximum Gasteiger partial charge on any atom is 0.510 e. The molecule has 134 valence electrons. The zero-order valence-electron chi connectivity index (χ0n) is 14.3. The molecule has 0 aromatic carbocycles. The minimum Gasteiger partial charge on any atom is -0.469 e. The summed E-state index contributed by atoms with van der Waals surface area (Å²) in [4.78, 5) is 11.7. The summed E-state index contributed by atoms with van der Waals surface area (Å²) in [6.45, 7) is 4.04. The first-order valence-electron chi connectivity index (χ1n) is 8.02. The van der Waals surface area contributed by atoms with Crippen molar-refractivity contribution in [1.82, 2.24) is 0 Å². The molecule has 0 heterocycles. The first-order valence-corrected chi connectivity index (χ1v) is 9.38. The zero-order chi connectivity index (χ0) is 16.5. The largest absolute Gasteiger partial charge is 0.510 e. The number of hydrogen-bond donors (Lipinski definition) is 1. The van der Waals surface area contributed by atoms with E-state index in [1.54, 1.807) is 0 Å². The molecule has 0 radical (unpaired) electrons. The van der Waals surface area contributed by atoms with Gasteiger partial charge in [0.2, 0.25) is 0 Å². The number of hydrogen-bond acceptors (Lipinski definition) is 5. The Bertz CT molecular complexity index is 404. The number of carbonyl (C=O) groups is 1. The van der Waals surface area contributed by atoms with Crippen molar-refractivity contribution in [3.05, 3.63) is 12.2 Å². The van der Waals surface area contributed by atoms with Crippen molar-refractivity contribution in [3.8, 4) is 0 Å². The fraction of sp³-hybridized carbons (Fsp3) is 0.812. The Morgan fingerprint density at radius 3 is 2.61 bits per heavy atom. The summed E-state index contributed by atoms with van der Waals surface area (Å²) in [7, 11) is -0.596. The van der Waals surface area contributed by atoms with Crippen LogP contribution in [0.2, 0.25) is 0 Å². The molecule has 0 saturated heterocycles. The number of rotatable bonds is 9. The number of ether oxygens (including phenoxy) is 1. The predicted molar refractivity (Wildman–Crippen MR) is 94.8 cm³/mol. The highest BCUT2D eigenvalue weighted by atomic mass is 35.5. The van der Waals surface area contributed by atoms with Gasteiger partial charge in [-0.3, -0.25) is 4.79 Å². The van der Waals surface area contributed by atoms with Gasteiger partial charge in [-0.1, -0.05) is 26.0 Å². The molecule has 4 unspecified atom stereocenters. The molecule has 0 amide bonds. The Balaban J connectivity index is 0.00000484. The van der Waals surface area contributed by atoms with Gasteiger partial charge in [-0.05, 0) is 48.5 Å². The molecule has 1 rings (SSSR count). The highest BCUT2D eigenvalue weighted by Crippen LogP contribution is 2.32. The predicted octanol–water partition coefficient (Wildman–Crippen LogP) is 4.03. The molecular weight excluding hydrogens is 337 g/mol. The van der Waals surface area contributed by atoms with E-state index < -0.39 is 20.2 Å². The van der Waals surface area contributed by atoms with Crippen LogP contribution in [-0.4, -0.2) is 25.5 Å². The van der Waals surface area contributed by atoms with Gasteiger partial charge in [0.1, 0.15) is 5.92 Å². The average molecular weight is 367 g/mol. The summed E-state index contributed by atoms with van der Waals surface area (Å²) < 4.78 is 22.3. The first-order chi connectivity index (χ1) is 10.4. The maximum atomic E-state index is 12.1. The molecule has 4 atom stereocenters. The summed E-state index contributed by atoms with van der Waals surface area (Å²) in [5.41, 5.74) is 5.94. The Labute approximate surface area is 146 Å². The van der Waals surface area contributed by atoms with Gasteiger partial charge in [0.05, 0.1) is 7.11 Å². The molecule has 1 aliphatic carbocycles. The van der Waals surface area contributed by atoms with Gasteiger partial charge < -0.3 is 10.5 Å². The van der Waals surface area contributed by atoms with E-state index in [1.165, 1.54) is 7.11 Å². The van der Waals surface area contributed by atoms with Crippen LogP contribution in [-0.2, 0) is 18.6 Å². The number of carbonyl (C=O) groups excluding carboxylic acids is 1. The number of halogens is 1. The Morgan fingerprint density at radius 2 is 2.09 bits per heavy atom. The molecule has 0 spiro atoms. The Kier molecular flexibility index (Phi) is 11.7. The van der Waals surface area contributed by atoms with Crippen LogP contribution in [0.5, 0.6) is 0 Å². The molecule has 1 aliphatic rings. The quantitative estimate of drug-likeness (QED) is 0.288. The van der Waals surface area contributed by atoms with E-state index in [2.05, 4.69) is 12.2 Å². The normalized spacial score (nSPS) is 20.6. The van der Waals surface area contributed by atoms with Gasteiger partial charge in [-0.2, -0.15) is 0 Å². The second-order valence-corrected chi connectivity index (χ2v) is 7.64. The van der Waals surface area contributed by atoms with E-state index in [1.807, 2.05) is 13.8 Å². The summed E-state index contributed by atoms with van der Waals surface area (Å²) in [6.07, 6.45) is 8.51. The topological polar surface area (TPSA) is 78.6 Å². The summed E-state index contributed by atoms with van der Waals surface area (Å²) >= 11 is 0. The standard InChI is InChI=1S/C16H29NO4P.ClH/c1-12(2)9-14(16(18)20-3)11-22(19)21-15(17)10-13-7-5-4-6-8-13;/h4-5,12-15H,6-11,17H2,1-3H3;1H/q+1;. The highest BCUT2D eigenvalue weighted by molar-refractivity contribution is 7.39. The molecule has 7 heteroatoms. The van der Waals surface area contributed by atoms with Crippen LogP contribution in [0.15, 0.2) is 12.2 Å². The minimum atomic E-state index is -1.95. The van der Waals surface area contributed by atoms with E-state index in [-0.39, 0.29) is 24.5 Å². The Morgan fingerprint density at radius 1 is 1.39 bits per heavy atom. The lowest BCUT2D eigenvalue weighted by Gasteiger charge is -2.19. The smallest absolute Gasteiger partial charge is 0.469 e. The average Bonchev–Trinajstić information content (AvgIpc) is 2.46. The maximum absolute atomic E-state index is 12.1. The summed E-state index contributed by atoms with van der Waals surface area (Å²) in [5, 5.41) is 0. The molecule has 0 saturated carbocycles. The van der Waals surface area contributed by atoms with Gasteiger partial charge in [0.15, 0.2) is 12.4 Å². The molecule has 5 nitrogen and oxygen atoms in total. The van der Waals surface area contributed by atoms with Crippen LogP contribution >= 0.6 is 20.4 Å². The number of esters is 1. The number of allylic oxidation sites excluding steroid dienone is 2. The van der Waals surface area contributed by atoms with E-state index in [9.17, 15) is 9.36 Å². The van der Waals surface area contributed by atoms with Crippen LogP contribution in [0.4, 0.5) is 0 Å². The van der Waals surface area contributed by atoms with Crippen molar-refractivity contribution >= 4 is 26.4 Å². The van der Waals surface area contributed by atoms with Crippen LogP contribution in [0, 0.1) is 17.8 Å². The number of methoxy groups -OCH3 is 1. The van der Waals surface area contributed by atoms with Crippen LogP contribution < -0.4 is 5.73 Å². The molecule has 23 heavy (non-hydrogen) atoms. The van der Waals surface area contributed by atoms with Crippen molar-refractivity contribution in [1.29, 1.82) is 0 Å². The van der Waals surface area contributed by atoms with Crippen LogP contribution in [0.25, 0.3) is 0 Å². The molecular formula is C16H30ClNO4P+. The van der Waals surface area contributed by atoms with Gasteiger partial charge >= 0.3 is 14.0 Å². The zero-order valence-corrected chi connectivity index (χ0v) is 16.0. The molecule has 0 bridgehead atoms. The molecule has 0 fully saturated rings. The second kappa shape index (κ2) is 12.0. The van der Waals surface area contributed by atoms with Crippen molar-refractivity contribution in [2.75, 3.05) is 13.3 Å². The SMILES string of the molecule is COC(=O)C(CC(C)C)C[P+](=O)OC(N)CC1CC=CCC1.Cl. The molecule has 0 aromatic rings. The first kappa shape index (κ1) is 22.5. The van der Waals surface area contributed by atoms with E-state index in [0.717, 1.165) is 19.3 Å². The van der Waals surface area contributed by atoms with Gasteiger partial charge in [0, 0.05) is 0 Å². The van der Waals surface area contributed by atoms with E-state index in [4.69, 9.17) is 15.0 Å². The van der Waals surface area contributed by atoms with Crippen LogP contribution in [0.1, 0.15) is 46.0 Å². The second-order valence-electron chi connectivity index (χ2n) is 6.39. The summed E-state index contributed by atoms with van der Waals surface area (Å²) in [5.74, 6) is 0.107. The Hall–Kier alpha value is -0.480. The lowest BCUT2D eigenvalue weighted by atomic mass is 9.91. The van der Waals surface area contributed by atoms with Crippen molar-refractivity contribution in [2.24, 2.45) is 23.5 Å². The third-order valence-corrected chi connectivity index (χ3v) is 5.10. The fourth-order valence-corrected chi connectivity index (χ4v) is 3.93. The highest BCUT2D eigenvalue weighted by Gasteiger charge is 2.33. The summed E-state index contributed by atoms with van der Waals surface area (Å²) in [6, 6.07) is 0. The lowest BCUT2D eigenvalue weighted by molar-refractivity contribution is -0.145. The van der Waals surface area contributed by atoms with E-state index in [0.29, 0.717) is 24.7 Å². The molecule has 2 N–H and O–H groups in total. The van der Waals surface area contributed by atoms with Gasteiger partial charge in [0.25, 0.3) is 0 Å². The van der Waals surface area contributed by atoms with E-state index >= 15 is 0 Å². The van der Waals surface area contributed by atoms with Crippen molar-refractivity contribution in [2.45, 2.75) is 52.2 Å². The molecule has 0 aliphatic heterocycles. The minimum absolute atomic E-state index is 0. The number of nitrogens with two attached hydrogens (primary N) is 1. The lowest BCUT2D eigenvalue weighted by Crippen LogP contribution is -2.26. The third kappa shape index (κ3) is 9.41. The third-order valence-electron chi connectivity index (χ3n) is 3.86. The van der Waals surface area contributed by atoms with Crippen molar-refractivity contribution < 1.29 is 18.6 Å². The van der Waals surface area contributed by atoms with Gasteiger partial charge in [-0.25, -0.2) is 0 Å². The van der Waals surface area contributed by atoms with Crippen molar-refractivity contribution in [3.63, 3.8) is 0 Å². The van der Waals surface area contributed by atoms with Crippen LogP contribution in [0.3, 0.4) is 0 Å². The molecule has 0 aromatic heterocycles. The van der Waals surface area contributed by atoms with Gasteiger partial charge in [-0.15, -0.1) is 16.9 Å². The monoisotopic (exact) mass is 366 g/mol.